The van der Waals surface area contributed by atoms with E-state index in [1.807, 2.05) is 0 Å². The van der Waals surface area contributed by atoms with Gasteiger partial charge in [-0.1, -0.05) is 0 Å². The van der Waals surface area contributed by atoms with Gasteiger partial charge in [0, 0.05) is 12.6 Å². The van der Waals surface area contributed by atoms with Gasteiger partial charge >= 0.3 is 12.1 Å². The average molecular weight is 306 g/mol. The highest BCUT2D eigenvalue weighted by Crippen LogP contribution is 2.14. The van der Waals surface area contributed by atoms with Gasteiger partial charge in [-0.15, -0.1) is 0 Å². The van der Waals surface area contributed by atoms with Crippen molar-refractivity contribution in [3.63, 3.8) is 0 Å². The molecule has 0 aromatic carbocycles. The third kappa shape index (κ3) is 7.25. The van der Waals surface area contributed by atoms with Crippen LogP contribution in [-0.4, -0.2) is 41.4 Å². The molecule has 116 valence electrons. The minimum Gasteiger partial charge on any atom is -0.478 e. The molecule has 0 spiro atoms. The Morgan fingerprint density at radius 1 is 1.38 bits per heavy atom. The van der Waals surface area contributed by atoms with Gasteiger partial charge in [-0.25, -0.2) is 4.79 Å². The zero-order valence-electron chi connectivity index (χ0n) is 10.8. The molecule has 0 bridgehead atoms. The largest absolute Gasteiger partial charge is 0.478 e. The Bertz CT molecular complexity index is 506. The van der Waals surface area contributed by atoms with Crippen molar-refractivity contribution >= 4 is 11.9 Å². The number of hydrogen-bond donors (Lipinski definition) is 2. The molecular weight excluding hydrogens is 293 g/mol. The normalized spacial score (nSPS) is 11.2. The minimum atomic E-state index is -4.42. The molecule has 0 fully saturated rings. The van der Waals surface area contributed by atoms with Crippen molar-refractivity contribution in [1.82, 2.24) is 10.3 Å². The summed E-state index contributed by atoms with van der Waals surface area (Å²) in [6.45, 7) is -1.77. The van der Waals surface area contributed by atoms with Crippen molar-refractivity contribution < 1.29 is 32.6 Å². The number of carbonyl (C=O) groups is 2. The minimum absolute atomic E-state index is 0.0147. The van der Waals surface area contributed by atoms with Crippen molar-refractivity contribution in [2.75, 3.05) is 13.2 Å². The highest BCUT2D eigenvalue weighted by atomic mass is 19.4. The number of ether oxygens (including phenoxy) is 1. The van der Waals surface area contributed by atoms with E-state index in [-0.39, 0.29) is 25.1 Å². The Kier molecular flexibility index (Phi) is 6.10. The number of pyridine rings is 1. The molecule has 1 aromatic rings. The molecule has 1 heterocycles. The summed E-state index contributed by atoms with van der Waals surface area (Å²) < 4.78 is 39.6. The number of rotatable bonds is 7. The summed E-state index contributed by atoms with van der Waals surface area (Å²) in [4.78, 5) is 25.9. The molecule has 0 unspecified atom stereocenters. The van der Waals surface area contributed by atoms with Crippen LogP contribution in [0.2, 0.25) is 0 Å². The fourth-order valence-corrected chi connectivity index (χ4v) is 1.34. The molecule has 0 aliphatic heterocycles. The number of nitrogens with one attached hydrogen (secondary N) is 1. The number of carboxylic acid groups (broad SMARTS) is 1. The van der Waals surface area contributed by atoms with Crippen molar-refractivity contribution in [2.24, 2.45) is 0 Å². The van der Waals surface area contributed by atoms with Crippen LogP contribution in [0.4, 0.5) is 13.2 Å². The van der Waals surface area contributed by atoms with E-state index >= 15 is 0 Å². The Hall–Kier alpha value is -2.16. The van der Waals surface area contributed by atoms with Crippen LogP contribution in [0.5, 0.6) is 0 Å². The summed E-state index contributed by atoms with van der Waals surface area (Å²) in [5.41, 5.74) is 0.363. The standard InChI is InChI=1S/C12H13F3N2O4/c13-12(14,15)7-21-4-2-10(18)17-6-9-5-8(11(19)20)1-3-16-9/h1,3,5H,2,4,6-7H2,(H,17,18)(H,19,20). The van der Waals surface area contributed by atoms with Crippen LogP contribution < -0.4 is 5.32 Å². The van der Waals surface area contributed by atoms with Crippen LogP contribution in [0.3, 0.4) is 0 Å². The van der Waals surface area contributed by atoms with Gasteiger partial charge in [-0.3, -0.25) is 9.78 Å². The third-order valence-corrected chi connectivity index (χ3v) is 2.27. The highest BCUT2D eigenvalue weighted by molar-refractivity contribution is 5.87. The summed E-state index contributed by atoms with van der Waals surface area (Å²) >= 11 is 0. The number of aromatic nitrogens is 1. The van der Waals surface area contributed by atoms with E-state index in [2.05, 4.69) is 15.0 Å². The van der Waals surface area contributed by atoms with E-state index < -0.39 is 24.7 Å². The lowest BCUT2D eigenvalue weighted by atomic mass is 10.2. The van der Waals surface area contributed by atoms with Crippen LogP contribution >= 0.6 is 0 Å². The van der Waals surface area contributed by atoms with Gasteiger partial charge in [-0.05, 0) is 12.1 Å². The topological polar surface area (TPSA) is 88.5 Å². The second-order valence-electron chi connectivity index (χ2n) is 4.04. The maximum absolute atomic E-state index is 11.8. The van der Waals surface area contributed by atoms with Crippen molar-refractivity contribution in [3.05, 3.63) is 29.6 Å². The summed E-state index contributed by atoms with van der Waals surface area (Å²) in [5, 5.41) is 11.2. The van der Waals surface area contributed by atoms with Gasteiger partial charge in [0.05, 0.1) is 24.4 Å². The van der Waals surface area contributed by atoms with Crippen molar-refractivity contribution in [3.8, 4) is 0 Å². The van der Waals surface area contributed by atoms with Crippen LogP contribution in [0, 0.1) is 0 Å². The van der Waals surface area contributed by atoms with Gasteiger partial charge in [-0.2, -0.15) is 13.2 Å². The number of carbonyl (C=O) groups excluding carboxylic acids is 1. The molecule has 0 aliphatic rings. The summed E-state index contributed by atoms with van der Waals surface area (Å²) in [5.74, 6) is -1.63. The van der Waals surface area contributed by atoms with Crippen molar-refractivity contribution in [2.45, 2.75) is 19.1 Å². The first-order valence-electron chi connectivity index (χ1n) is 5.87. The number of alkyl halides is 3. The first-order valence-corrected chi connectivity index (χ1v) is 5.87. The predicted molar refractivity (Wildman–Crippen MR) is 64.5 cm³/mol. The number of nitrogens with zero attached hydrogens (tertiary/aromatic N) is 1. The number of hydrogen-bond acceptors (Lipinski definition) is 4. The summed E-state index contributed by atoms with van der Waals surface area (Å²) in [7, 11) is 0. The molecule has 1 amide bonds. The fourth-order valence-electron chi connectivity index (χ4n) is 1.34. The lowest BCUT2D eigenvalue weighted by Gasteiger charge is -2.08. The van der Waals surface area contributed by atoms with E-state index in [4.69, 9.17) is 5.11 Å². The molecular formula is C12H13F3N2O4. The SMILES string of the molecule is O=C(CCOCC(F)(F)F)NCc1cc(C(=O)O)ccn1. The van der Waals surface area contributed by atoms with E-state index in [1.165, 1.54) is 18.3 Å². The molecule has 0 saturated heterocycles. The number of amides is 1. The van der Waals surface area contributed by atoms with Crippen LogP contribution in [-0.2, 0) is 16.1 Å². The predicted octanol–water partition coefficient (Wildman–Crippen LogP) is 1.36. The van der Waals surface area contributed by atoms with E-state index in [9.17, 15) is 22.8 Å². The summed E-state index contributed by atoms with van der Waals surface area (Å²) in [6, 6.07) is 2.60. The molecule has 0 radical (unpaired) electrons. The first-order chi connectivity index (χ1) is 9.78. The zero-order chi connectivity index (χ0) is 15.9. The number of aromatic carboxylic acids is 1. The molecule has 9 heteroatoms. The smallest absolute Gasteiger partial charge is 0.411 e. The molecule has 0 aliphatic carbocycles. The first kappa shape index (κ1) is 16.9. The Labute approximate surface area is 117 Å². The van der Waals surface area contributed by atoms with Gasteiger partial charge < -0.3 is 15.2 Å². The molecule has 1 rings (SSSR count). The average Bonchev–Trinajstić information content (AvgIpc) is 2.40. The molecule has 0 saturated carbocycles. The Balaban J connectivity index is 2.30. The third-order valence-electron chi connectivity index (χ3n) is 2.27. The Morgan fingerprint density at radius 3 is 2.71 bits per heavy atom. The van der Waals surface area contributed by atoms with E-state index in [0.717, 1.165) is 0 Å². The Morgan fingerprint density at radius 2 is 2.10 bits per heavy atom. The maximum Gasteiger partial charge on any atom is 0.411 e. The van der Waals surface area contributed by atoms with Gasteiger partial charge in [0.15, 0.2) is 0 Å². The molecule has 2 N–H and O–H groups in total. The van der Waals surface area contributed by atoms with Crippen LogP contribution in [0.15, 0.2) is 18.3 Å². The van der Waals surface area contributed by atoms with E-state index in [1.54, 1.807) is 0 Å². The molecule has 6 nitrogen and oxygen atoms in total. The van der Waals surface area contributed by atoms with Crippen molar-refractivity contribution in [1.29, 1.82) is 0 Å². The van der Waals surface area contributed by atoms with Crippen LogP contribution in [0.25, 0.3) is 0 Å². The molecule has 0 atom stereocenters. The van der Waals surface area contributed by atoms with Gasteiger partial charge in [0.25, 0.3) is 0 Å². The van der Waals surface area contributed by atoms with Crippen LogP contribution in [0.1, 0.15) is 22.5 Å². The quantitative estimate of drug-likeness (QED) is 0.743. The van der Waals surface area contributed by atoms with Gasteiger partial charge in [0.1, 0.15) is 6.61 Å². The maximum atomic E-state index is 11.8. The second kappa shape index (κ2) is 7.58. The highest BCUT2D eigenvalue weighted by Gasteiger charge is 2.27. The molecule has 1 aromatic heterocycles. The lowest BCUT2D eigenvalue weighted by Crippen LogP contribution is -2.25. The second-order valence-corrected chi connectivity index (χ2v) is 4.04. The number of carboxylic acids is 1. The monoisotopic (exact) mass is 306 g/mol. The fraction of sp³-hybridized carbons (Fsp3) is 0.417. The molecule has 21 heavy (non-hydrogen) atoms. The van der Waals surface area contributed by atoms with Gasteiger partial charge in [0.2, 0.25) is 5.91 Å². The zero-order valence-corrected chi connectivity index (χ0v) is 10.8. The summed E-state index contributed by atoms with van der Waals surface area (Å²) in [6.07, 6.45) is -3.36. The lowest BCUT2D eigenvalue weighted by molar-refractivity contribution is -0.174. The van der Waals surface area contributed by atoms with E-state index in [0.29, 0.717) is 5.69 Å². The number of halogens is 3.